The van der Waals surface area contributed by atoms with Crippen LogP contribution in [0.5, 0.6) is 0 Å². The lowest BCUT2D eigenvalue weighted by atomic mass is 10.0. The van der Waals surface area contributed by atoms with Gasteiger partial charge < -0.3 is 29.7 Å². The lowest BCUT2D eigenvalue weighted by Gasteiger charge is -2.31. The lowest BCUT2D eigenvalue weighted by Crippen LogP contribution is -2.54. The van der Waals surface area contributed by atoms with Gasteiger partial charge in [0.2, 0.25) is 17.6 Å². The van der Waals surface area contributed by atoms with Crippen molar-refractivity contribution in [2.75, 3.05) is 20.2 Å². The van der Waals surface area contributed by atoms with Crippen LogP contribution in [0.1, 0.15) is 51.3 Å². The van der Waals surface area contributed by atoms with Crippen molar-refractivity contribution in [3.8, 4) is 0 Å². The van der Waals surface area contributed by atoms with E-state index in [0.29, 0.717) is 0 Å². The van der Waals surface area contributed by atoms with Gasteiger partial charge in [-0.3, -0.25) is 14.4 Å². The van der Waals surface area contributed by atoms with E-state index < -0.39 is 47.6 Å². The van der Waals surface area contributed by atoms with Crippen LogP contribution in [-0.2, 0) is 52.8 Å². The number of nitrogens with zero attached hydrogens (tertiary/aromatic N) is 1. The van der Waals surface area contributed by atoms with E-state index >= 15 is 0 Å². The first-order chi connectivity index (χ1) is 21.4. The summed E-state index contributed by atoms with van der Waals surface area (Å²) in [4.78, 5) is 65.9. The highest BCUT2D eigenvalue weighted by molar-refractivity contribution is 5.93. The van der Waals surface area contributed by atoms with E-state index in [1.54, 1.807) is 27.7 Å². The lowest BCUT2D eigenvalue weighted by molar-refractivity contribution is -0.149. The number of rotatable bonds is 13. The van der Waals surface area contributed by atoms with Crippen LogP contribution in [-0.4, -0.2) is 61.0 Å². The molecule has 0 radical (unpaired) electrons. The Kier molecular flexibility index (Phi) is 12.7. The van der Waals surface area contributed by atoms with Crippen molar-refractivity contribution in [1.82, 2.24) is 15.5 Å². The van der Waals surface area contributed by atoms with Gasteiger partial charge in [-0.05, 0) is 47.3 Å². The number of hydrogen-bond acceptors (Lipinski definition) is 8. The fourth-order valence-electron chi connectivity index (χ4n) is 5.19. The molecule has 45 heavy (non-hydrogen) atoms. The maximum atomic E-state index is 14.1. The average Bonchev–Trinajstić information content (AvgIpc) is 3.42. The molecule has 11 nitrogen and oxygen atoms in total. The summed E-state index contributed by atoms with van der Waals surface area (Å²) >= 11 is 0. The number of carbonyl (C=O) groups excluding carboxylic acids is 5. The molecule has 0 aromatic heterocycles. The highest BCUT2D eigenvalue weighted by Crippen LogP contribution is 2.27. The highest BCUT2D eigenvalue weighted by Gasteiger charge is 2.34. The second-order valence-electron chi connectivity index (χ2n) is 11.7. The number of allylic oxidation sites excluding steroid dienone is 1. The number of carbonyl (C=O) groups is 5. The van der Waals surface area contributed by atoms with Gasteiger partial charge in [0.15, 0.2) is 0 Å². The van der Waals surface area contributed by atoms with Crippen molar-refractivity contribution in [3.63, 3.8) is 0 Å². The third kappa shape index (κ3) is 10.2. The third-order valence-electron chi connectivity index (χ3n) is 7.39. The van der Waals surface area contributed by atoms with Gasteiger partial charge >= 0.3 is 18.0 Å². The van der Waals surface area contributed by atoms with Crippen molar-refractivity contribution in [3.05, 3.63) is 82.7 Å². The zero-order chi connectivity index (χ0) is 33.1. The Morgan fingerprint density at radius 1 is 0.911 bits per heavy atom. The van der Waals surface area contributed by atoms with Crippen molar-refractivity contribution in [2.24, 2.45) is 17.8 Å². The summed E-state index contributed by atoms with van der Waals surface area (Å²) in [7, 11) is 1.13. The third-order valence-corrected chi connectivity index (χ3v) is 7.39. The highest BCUT2D eigenvalue weighted by atomic mass is 16.6. The quantitative estimate of drug-likeness (QED) is 0.149. The number of esters is 2. The van der Waals surface area contributed by atoms with Crippen molar-refractivity contribution in [2.45, 2.75) is 60.1 Å². The molecule has 2 aromatic rings. The number of fused-ring (bicyclic) bond motifs is 1. The number of alkyl carbamates (subject to hydrolysis) is 1. The molecule has 1 aliphatic carbocycles. The molecule has 0 saturated heterocycles. The minimum absolute atomic E-state index is 0.0350. The van der Waals surface area contributed by atoms with Gasteiger partial charge in [-0.15, -0.1) is 0 Å². The molecule has 2 aromatic carbocycles. The Balaban J connectivity index is 1.84. The molecule has 0 aliphatic heterocycles. The minimum atomic E-state index is -0.975. The topological polar surface area (TPSA) is 140 Å². The number of hydrogen-bond donors (Lipinski definition) is 2. The minimum Gasteiger partial charge on any atom is -0.463 e. The second kappa shape index (κ2) is 16.4. The molecule has 0 bridgehead atoms. The number of benzene rings is 2. The zero-order valence-electron chi connectivity index (χ0n) is 26.8. The van der Waals surface area contributed by atoms with Gasteiger partial charge in [-0.2, -0.15) is 0 Å². The number of amides is 3. The first-order valence-corrected chi connectivity index (χ1v) is 15.0. The average molecular weight is 622 g/mol. The Morgan fingerprint density at radius 2 is 1.51 bits per heavy atom. The predicted octanol–water partition coefficient (Wildman–Crippen LogP) is 3.90. The second-order valence-corrected chi connectivity index (χ2v) is 11.7. The van der Waals surface area contributed by atoms with Crippen LogP contribution in [0, 0.1) is 17.8 Å². The van der Waals surface area contributed by atoms with Crippen molar-refractivity contribution < 1.29 is 38.2 Å². The summed E-state index contributed by atoms with van der Waals surface area (Å²) in [6, 6.07) is 16.3. The van der Waals surface area contributed by atoms with Crippen LogP contribution in [0.3, 0.4) is 0 Å². The van der Waals surface area contributed by atoms with Crippen molar-refractivity contribution in [1.29, 1.82) is 0 Å². The van der Waals surface area contributed by atoms with Gasteiger partial charge in [0.1, 0.15) is 12.6 Å². The van der Waals surface area contributed by atoms with Crippen molar-refractivity contribution >= 4 is 29.8 Å². The molecule has 1 aliphatic rings. The van der Waals surface area contributed by atoms with E-state index in [1.165, 1.54) is 16.0 Å². The summed E-state index contributed by atoms with van der Waals surface area (Å²) in [5, 5.41) is 5.36. The van der Waals surface area contributed by atoms with Crippen LogP contribution in [0.15, 0.2) is 66.1 Å². The molecule has 11 heteroatoms. The van der Waals surface area contributed by atoms with Gasteiger partial charge in [0.25, 0.3) is 0 Å². The van der Waals surface area contributed by atoms with E-state index in [0.717, 1.165) is 32.4 Å². The van der Waals surface area contributed by atoms with Crippen LogP contribution in [0.4, 0.5) is 4.79 Å². The maximum absolute atomic E-state index is 14.1. The molecule has 242 valence electrons. The molecule has 1 atom stereocenters. The Morgan fingerprint density at radius 3 is 2.04 bits per heavy atom. The standard InChI is InChI=1S/C34H43N3O8/c1-21(2)29(31(33(41)43-6)45-23(5)38)35-28(39)19-37(18-25-16-26-14-10-11-15-27(26)17-25)32(40)30(22(3)4)36-34(42)44-20-24-12-8-7-9-13-24/h7-15,21-22,25,30H,16-20H2,1-6H3,(H,35,39)(H,36,42)/b31-29+. The first-order valence-electron chi connectivity index (χ1n) is 15.0. The number of ether oxygens (including phenoxy) is 3. The molecule has 0 fully saturated rings. The summed E-state index contributed by atoms with van der Waals surface area (Å²) < 4.78 is 15.2. The van der Waals surface area contributed by atoms with E-state index in [1.807, 2.05) is 42.5 Å². The largest absolute Gasteiger partial charge is 0.463 e. The molecule has 3 rings (SSSR count). The SMILES string of the molecule is COC(=O)/C(OC(C)=O)=C(\NC(=O)CN(CC1Cc2ccccc2C1)C(=O)C(NC(=O)OCc1ccccc1)C(C)C)C(C)C. The maximum Gasteiger partial charge on any atom is 0.408 e. The molecular formula is C34H43N3O8. The summed E-state index contributed by atoms with van der Waals surface area (Å²) in [5.41, 5.74) is 3.23. The molecule has 1 unspecified atom stereocenters. The van der Waals surface area contributed by atoms with Crippen LogP contribution >= 0.6 is 0 Å². The monoisotopic (exact) mass is 621 g/mol. The predicted molar refractivity (Wildman–Crippen MR) is 166 cm³/mol. The van der Waals surface area contributed by atoms with Crippen LogP contribution in [0.25, 0.3) is 0 Å². The Hall–Kier alpha value is -4.67. The van der Waals surface area contributed by atoms with Gasteiger partial charge in [0, 0.05) is 13.5 Å². The van der Waals surface area contributed by atoms with E-state index in [-0.39, 0.29) is 37.2 Å². The molecule has 0 saturated carbocycles. The number of methoxy groups -OCH3 is 1. The van der Waals surface area contributed by atoms with Gasteiger partial charge in [-0.1, -0.05) is 82.3 Å². The summed E-state index contributed by atoms with van der Waals surface area (Å²) in [6.45, 7) is 8.05. The molecule has 0 heterocycles. The van der Waals surface area contributed by atoms with E-state index in [4.69, 9.17) is 14.2 Å². The smallest absolute Gasteiger partial charge is 0.408 e. The first kappa shape index (κ1) is 34.8. The van der Waals surface area contributed by atoms with Crippen LogP contribution in [0.2, 0.25) is 0 Å². The normalized spacial score (nSPS) is 13.8. The molecular weight excluding hydrogens is 578 g/mol. The molecule has 0 spiro atoms. The molecule has 3 amide bonds. The Bertz CT molecular complexity index is 1380. The van der Waals surface area contributed by atoms with E-state index in [9.17, 15) is 24.0 Å². The summed E-state index contributed by atoms with van der Waals surface area (Å²) in [6.07, 6.45) is 0.713. The number of nitrogens with one attached hydrogen (secondary N) is 2. The fourth-order valence-corrected chi connectivity index (χ4v) is 5.19. The van der Waals surface area contributed by atoms with E-state index in [2.05, 4.69) is 22.8 Å². The van der Waals surface area contributed by atoms with Crippen LogP contribution < -0.4 is 10.6 Å². The Labute approximate surface area is 264 Å². The molecule has 2 N–H and O–H groups in total. The fraction of sp³-hybridized carbons (Fsp3) is 0.441. The van der Waals surface area contributed by atoms with Gasteiger partial charge in [0.05, 0.1) is 19.4 Å². The van der Waals surface area contributed by atoms with Gasteiger partial charge in [-0.25, -0.2) is 9.59 Å². The summed E-state index contributed by atoms with van der Waals surface area (Å²) in [5.74, 6) is -3.89. The zero-order valence-corrected chi connectivity index (χ0v) is 26.8.